The van der Waals surface area contributed by atoms with Crippen LogP contribution < -0.4 is 0 Å². The molecule has 0 aromatic rings. The van der Waals surface area contributed by atoms with E-state index in [4.69, 9.17) is 9.84 Å². The number of unbranched alkanes of at least 4 members (excludes halogenated alkanes) is 7. The number of aliphatic hydroxyl groups excluding tert-OH is 1. The fraction of sp³-hybridized carbons (Fsp3) is 0.933. The minimum atomic E-state index is -0.516. The summed E-state index contributed by atoms with van der Waals surface area (Å²) in [6.07, 6.45) is 10.0. The largest absolute Gasteiger partial charge is 0.467 e. The first kappa shape index (κ1) is 18.4. The molecule has 0 aliphatic carbocycles. The van der Waals surface area contributed by atoms with Gasteiger partial charge in [0.2, 0.25) is 0 Å². The van der Waals surface area contributed by atoms with E-state index < -0.39 is 6.10 Å². The first-order chi connectivity index (χ1) is 9.26. The van der Waals surface area contributed by atoms with Crippen molar-refractivity contribution in [3.63, 3.8) is 0 Å². The van der Waals surface area contributed by atoms with Crippen LogP contribution >= 0.6 is 0 Å². The maximum Gasteiger partial charge on any atom is 0.334 e. The Kier molecular flexibility index (Phi) is 13.4. The van der Waals surface area contributed by atoms with Crippen molar-refractivity contribution in [2.45, 2.75) is 70.8 Å². The average molecular weight is 274 g/mol. The summed E-state index contributed by atoms with van der Waals surface area (Å²) in [6.45, 7) is 2.35. The quantitative estimate of drug-likeness (QED) is 0.414. The summed E-state index contributed by atoms with van der Waals surface area (Å²) in [5, 5.41) is 8.70. The predicted molar refractivity (Wildman–Crippen MR) is 76.1 cm³/mol. The molecule has 4 heteroatoms. The maximum atomic E-state index is 11.4. The summed E-state index contributed by atoms with van der Waals surface area (Å²) in [5.41, 5.74) is 0. The van der Waals surface area contributed by atoms with Gasteiger partial charge in [0.05, 0.1) is 20.3 Å². The number of aliphatic hydroxyl groups is 1. The molecular formula is C15H30O4. The van der Waals surface area contributed by atoms with E-state index in [1.165, 1.54) is 45.6 Å². The second kappa shape index (κ2) is 13.8. The van der Waals surface area contributed by atoms with Gasteiger partial charge in [-0.1, -0.05) is 58.3 Å². The molecule has 0 saturated heterocycles. The van der Waals surface area contributed by atoms with E-state index in [2.05, 4.69) is 11.7 Å². The van der Waals surface area contributed by atoms with E-state index >= 15 is 0 Å². The molecule has 0 amide bonds. The van der Waals surface area contributed by atoms with E-state index in [9.17, 15) is 4.79 Å². The summed E-state index contributed by atoms with van der Waals surface area (Å²) in [6, 6.07) is 0. The zero-order valence-electron chi connectivity index (χ0n) is 12.5. The molecule has 1 atom stereocenters. The Labute approximate surface area is 117 Å². The molecule has 19 heavy (non-hydrogen) atoms. The third-order valence-corrected chi connectivity index (χ3v) is 3.19. The topological polar surface area (TPSA) is 55.8 Å². The lowest BCUT2D eigenvalue weighted by atomic mass is 10.1. The Bertz CT molecular complexity index is 206. The molecule has 0 aliphatic rings. The van der Waals surface area contributed by atoms with Gasteiger partial charge in [-0.25, -0.2) is 4.79 Å². The van der Waals surface area contributed by atoms with Crippen molar-refractivity contribution in [3.8, 4) is 0 Å². The number of ether oxygens (including phenoxy) is 2. The van der Waals surface area contributed by atoms with Gasteiger partial charge in [-0.05, 0) is 6.42 Å². The Balaban J connectivity index is 3.55. The third kappa shape index (κ3) is 11.0. The van der Waals surface area contributed by atoms with Crippen molar-refractivity contribution >= 4 is 5.97 Å². The fourth-order valence-electron chi connectivity index (χ4n) is 2.06. The minimum Gasteiger partial charge on any atom is -0.467 e. The van der Waals surface area contributed by atoms with E-state index in [0.717, 1.165) is 12.8 Å². The zero-order chi connectivity index (χ0) is 14.3. The van der Waals surface area contributed by atoms with Crippen LogP contribution in [-0.2, 0) is 14.3 Å². The molecule has 0 rings (SSSR count). The Morgan fingerprint density at radius 2 is 1.63 bits per heavy atom. The lowest BCUT2D eigenvalue weighted by Crippen LogP contribution is -2.26. The highest BCUT2D eigenvalue weighted by Gasteiger charge is 2.18. The highest BCUT2D eigenvalue weighted by atomic mass is 16.6. The zero-order valence-corrected chi connectivity index (χ0v) is 12.5. The van der Waals surface area contributed by atoms with Crippen LogP contribution in [0.25, 0.3) is 0 Å². The Morgan fingerprint density at radius 3 is 2.16 bits per heavy atom. The van der Waals surface area contributed by atoms with E-state index in [-0.39, 0.29) is 19.2 Å². The SMILES string of the molecule is CCCCCCCCCCC(OCCO)C(=O)OC. The van der Waals surface area contributed by atoms with Gasteiger partial charge in [-0.2, -0.15) is 0 Å². The molecule has 4 nitrogen and oxygen atoms in total. The lowest BCUT2D eigenvalue weighted by molar-refractivity contribution is -0.155. The van der Waals surface area contributed by atoms with Gasteiger partial charge in [0, 0.05) is 0 Å². The van der Waals surface area contributed by atoms with Crippen LogP contribution in [0.1, 0.15) is 64.7 Å². The van der Waals surface area contributed by atoms with Crippen LogP contribution in [-0.4, -0.2) is 37.5 Å². The van der Waals surface area contributed by atoms with Crippen molar-refractivity contribution in [2.24, 2.45) is 0 Å². The van der Waals surface area contributed by atoms with Gasteiger partial charge in [0.25, 0.3) is 0 Å². The predicted octanol–water partition coefficient (Wildman–Crippen LogP) is 3.07. The van der Waals surface area contributed by atoms with Crippen LogP contribution in [0.4, 0.5) is 0 Å². The lowest BCUT2D eigenvalue weighted by Gasteiger charge is -2.14. The first-order valence-corrected chi connectivity index (χ1v) is 7.56. The highest BCUT2D eigenvalue weighted by Crippen LogP contribution is 2.12. The van der Waals surface area contributed by atoms with Crippen LogP contribution in [0, 0.1) is 0 Å². The van der Waals surface area contributed by atoms with Gasteiger partial charge in [-0.3, -0.25) is 0 Å². The van der Waals surface area contributed by atoms with Gasteiger partial charge in [0.15, 0.2) is 6.10 Å². The second-order valence-corrected chi connectivity index (χ2v) is 4.87. The van der Waals surface area contributed by atoms with E-state index in [0.29, 0.717) is 6.42 Å². The monoisotopic (exact) mass is 274 g/mol. The molecule has 0 bridgehead atoms. The van der Waals surface area contributed by atoms with Crippen molar-refractivity contribution < 1.29 is 19.4 Å². The highest BCUT2D eigenvalue weighted by molar-refractivity contribution is 5.74. The molecule has 0 aromatic heterocycles. The molecule has 0 radical (unpaired) electrons. The minimum absolute atomic E-state index is 0.0646. The standard InChI is InChI=1S/C15H30O4/c1-3-4-5-6-7-8-9-10-11-14(15(17)18-2)19-13-12-16/h14,16H,3-13H2,1-2H3. The van der Waals surface area contributed by atoms with Crippen molar-refractivity contribution in [1.29, 1.82) is 0 Å². The molecule has 114 valence electrons. The number of carbonyl (C=O) groups is 1. The summed E-state index contributed by atoms with van der Waals surface area (Å²) in [7, 11) is 1.37. The van der Waals surface area contributed by atoms with Crippen molar-refractivity contribution in [1.82, 2.24) is 0 Å². The van der Waals surface area contributed by atoms with Crippen LogP contribution in [0.3, 0.4) is 0 Å². The summed E-state index contributed by atoms with van der Waals surface area (Å²) >= 11 is 0. The van der Waals surface area contributed by atoms with Crippen molar-refractivity contribution in [2.75, 3.05) is 20.3 Å². The normalized spacial score (nSPS) is 12.4. The van der Waals surface area contributed by atoms with Gasteiger partial charge in [0.1, 0.15) is 0 Å². The number of rotatable bonds is 13. The third-order valence-electron chi connectivity index (χ3n) is 3.19. The summed E-state index contributed by atoms with van der Waals surface area (Å²) in [4.78, 5) is 11.4. The number of carbonyl (C=O) groups excluding carboxylic acids is 1. The van der Waals surface area contributed by atoms with Crippen LogP contribution in [0.2, 0.25) is 0 Å². The fourth-order valence-corrected chi connectivity index (χ4v) is 2.06. The second-order valence-electron chi connectivity index (χ2n) is 4.87. The van der Waals surface area contributed by atoms with E-state index in [1.807, 2.05) is 0 Å². The molecule has 0 heterocycles. The number of hydrogen-bond donors (Lipinski definition) is 1. The molecule has 0 aromatic carbocycles. The first-order valence-electron chi connectivity index (χ1n) is 7.56. The van der Waals surface area contributed by atoms with Crippen LogP contribution in [0.15, 0.2) is 0 Å². The Morgan fingerprint density at radius 1 is 1.05 bits per heavy atom. The van der Waals surface area contributed by atoms with Crippen molar-refractivity contribution in [3.05, 3.63) is 0 Å². The molecule has 0 aliphatic heterocycles. The molecule has 1 N–H and O–H groups in total. The average Bonchev–Trinajstić information content (AvgIpc) is 2.44. The maximum absolute atomic E-state index is 11.4. The molecule has 0 spiro atoms. The van der Waals surface area contributed by atoms with Gasteiger partial charge < -0.3 is 14.6 Å². The smallest absolute Gasteiger partial charge is 0.334 e. The van der Waals surface area contributed by atoms with Gasteiger partial charge >= 0.3 is 5.97 Å². The summed E-state index contributed by atoms with van der Waals surface area (Å²) < 4.78 is 9.97. The molecular weight excluding hydrogens is 244 g/mol. The number of methoxy groups -OCH3 is 1. The van der Waals surface area contributed by atoms with Crippen LogP contribution in [0.5, 0.6) is 0 Å². The number of hydrogen-bond acceptors (Lipinski definition) is 4. The summed E-state index contributed by atoms with van der Waals surface area (Å²) in [5.74, 6) is -0.337. The number of esters is 1. The Hall–Kier alpha value is -0.610. The van der Waals surface area contributed by atoms with Gasteiger partial charge in [-0.15, -0.1) is 0 Å². The molecule has 0 fully saturated rings. The molecule has 1 unspecified atom stereocenters. The molecule has 0 saturated carbocycles. The van der Waals surface area contributed by atoms with E-state index in [1.54, 1.807) is 0 Å².